The largest absolute Gasteiger partial charge is 0.488 e. The van der Waals surface area contributed by atoms with Gasteiger partial charge in [-0.25, -0.2) is 13.1 Å². The van der Waals surface area contributed by atoms with Crippen LogP contribution in [-0.2, 0) is 26.5 Å². The number of nitrogens with one attached hydrogen (secondary N) is 2. The third-order valence-electron chi connectivity index (χ3n) is 4.80. The third-order valence-corrected chi connectivity index (χ3v) is 6.28. The lowest BCUT2D eigenvalue weighted by atomic mass is 10.2. The summed E-state index contributed by atoms with van der Waals surface area (Å²) in [6, 6.07) is 12.4. The van der Waals surface area contributed by atoms with Crippen LogP contribution in [0.2, 0.25) is 0 Å². The number of nitrogens with zero attached hydrogens (tertiary/aromatic N) is 2. The van der Waals surface area contributed by atoms with Gasteiger partial charge in [-0.15, -0.1) is 0 Å². The van der Waals surface area contributed by atoms with Crippen molar-refractivity contribution in [2.45, 2.75) is 17.9 Å². The van der Waals surface area contributed by atoms with Crippen LogP contribution in [0, 0.1) is 0 Å². The van der Waals surface area contributed by atoms with Crippen LogP contribution in [0.15, 0.2) is 59.6 Å². The van der Waals surface area contributed by atoms with E-state index in [0.29, 0.717) is 35.2 Å². The van der Waals surface area contributed by atoms with E-state index in [1.54, 1.807) is 49.3 Å². The molecule has 0 aliphatic rings. The number of rotatable bonds is 13. The van der Waals surface area contributed by atoms with Gasteiger partial charge in [0, 0.05) is 51.7 Å². The Kier molecular flexibility index (Phi) is 9.42. The quantitative estimate of drug-likeness (QED) is 0.331. The molecule has 0 aliphatic heterocycles. The summed E-state index contributed by atoms with van der Waals surface area (Å²) in [5, 5.41) is 6.89. The average Bonchev–Trinajstić information content (AvgIpc) is 3.24. The van der Waals surface area contributed by atoms with Crippen LogP contribution in [-0.4, -0.2) is 64.2 Å². The molecule has 0 bridgehead atoms. The molecule has 1 heterocycles. The summed E-state index contributed by atoms with van der Waals surface area (Å²) in [5.74, 6) is 1.12. The number of carbonyl (C=O) groups is 1. The summed E-state index contributed by atoms with van der Waals surface area (Å²) in [5.41, 5.74) is 0.291. The van der Waals surface area contributed by atoms with E-state index in [9.17, 15) is 13.2 Å². The maximum atomic E-state index is 12.9. The van der Waals surface area contributed by atoms with Gasteiger partial charge >= 0.3 is 0 Å². The Labute approximate surface area is 210 Å². The predicted molar refractivity (Wildman–Crippen MR) is 133 cm³/mol. The molecule has 0 fully saturated rings. The van der Waals surface area contributed by atoms with E-state index in [2.05, 4.69) is 15.1 Å². The van der Waals surface area contributed by atoms with E-state index in [4.69, 9.17) is 18.9 Å². The highest BCUT2D eigenvalue weighted by molar-refractivity contribution is 7.89. The topological polar surface area (TPSA) is 130 Å². The summed E-state index contributed by atoms with van der Waals surface area (Å²) in [6.45, 7) is 2.62. The van der Waals surface area contributed by atoms with Crippen molar-refractivity contribution in [1.82, 2.24) is 14.5 Å². The molecule has 1 atom stereocenters. The molecule has 2 aromatic carbocycles. The van der Waals surface area contributed by atoms with Crippen molar-refractivity contribution in [3.63, 3.8) is 0 Å². The highest BCUT2D eigenvalue weighted by Crippen LogP contribution is 2.29. The van der Waals surface area contributed by atoms with E-state index < -0.39 is 15.9 Å². The fraction of sp³-hybridized carbons (Fsp3) is 0.333. The van der Waals surface area contributed by atoms with Gasteiger partial charge in [-0.05, 0) is 43.3 Å². The van der Waals surface area contributed by atoms with Crippen molar-refractivity contribution < 1.29 is 32.2 Å². The van der Waals surface area contributed by atoms with Crippen molar-refractivity contribution in [2.24, 2.45) is 7.05 Å². The van der Waals surface area contributed by atoms with Crippen molar-refractivity contribution in [1.29, 1.82) is 0 Å². The smallest absolute Gasteiger partial charge is 0.257 e. The summed E-state index contributed by atoms with van der Waals surface area (Å²) >= 11 is 0. The first-order valence-electron chi connectivity index (χ1n) is 11.1. The number of hydrogen-bond acceptors (Lipinski definition) is 8. The van der Waals surface area contributed by atoms with Crippen molar-refractivity contribution >= 4 is 21.7 Å². The van der Waals surface area contributed by atoms with Crippen LogP contribution < -0.4 is 19.5 Å². The minimum atomic E-state index is -3.67. The molecule has 1 amide bonds. The molecule has 0 unspecified atom stereocenters. The number of carbonyl (C=O) groups excluding carboxylic acids is 1. The molecule has 11 nitrogen and oxygen atoms in total. The second kappa shape index (κ2) is 12.5. The Bertz CT molecular complexity index is 1260. The Balaban J connectivity index is 1.81. The van der Waals surface area contributed by atoms with Crippen molar-refractivity contribution in [3.8, 4) is 17.2 Å². The van der Waals surface area contributed by atoms with Gasteiger partial charge in [-0.3, -0.25) is 9.48 Å². The number of ether oxygens (including phenoxy) is 4. The van der Waals surface area contributed by atoms with E-state index in [1.165, 1.54) is 31.4 Å². The molecule has 0 saturated carbocycles. The van der Waals surface area contributed by atoms with Crippen LogP contribution >= 0.6 is 0 Å². The zero-order valence-corrected chi connectivity index (χ0v) is 21.4. The second-order valence-corrected chi connectivity index (χ2v) is 9.64. The average molecular weight is 519 g/mol. The molecule has 0 aliphatic carbocycles. The normalized spacial score (nSPS) is 12.2. The standard InChI is InChI=1S/C24H30N4O7S/c1-17(16-33-4)34-20-13-18(24(29)26-23-9-11-28(2)27-23)14-21(15-20)35-19-5-7-22(8-6-19)36(30,31)25-10-12-32-3/h5-9,11,13-15,17,25H,10,12,16H2,1-4H3,(H,26,27,29)/t17-/m0/s1. The minimum Gasteiger partial charge on any atom is -0.488 e. The van der Waals surface area contributed by atoms with Gasteiger partial charge in [0.1, 0.15) is 23.4 Å². The number of amides is 1. The first-order valence-corrected chi connectivity index (χ1v) is 12.6. The molecule has 194 valence electrons. The molecule has 36 heavy (non-hydrogen) atoms. The van der Waals surface area contributed by atoms with Crippen LogP contribution in [0.3, 0.4) is 0 Å². The molecule has 12 heteroatoms. The van der Waals surface area contributed by atoms with Gasteiger partial charge in [0.25, 0.3) is 5.91 Å². The van der Waals surface area contributed by atoms with E-state index in [1.807, 2.05) is 6.92 Å². The predicted octanol–water partition coefficient (Wildman–Crippen LogP) is 2.80. The number of hydrogen-bond donors (Lipinski definition) is 2. The zero-order valence-electron chi connectivity index (χ0n) is 20.6. The lowest BCUT2D eigenvalue weighted by molar-refractivity contribution is 0.0915. The van der Waals surface area contributed by atoms with Crippen molar-refractivity contribution in [3.05, 3.63) is 60.3 Å². The highest BCUT2D eigenvalue weighted by Gasteiger charge is 2.16. The minimum absolute atomic E-state index is 0.0897. The number of sulfonamides is 1. The van der Waals surface area contributed by atoms with Crippen LogP contribution in [0.4, 0.5) is 5.82 Å². The van der Waals surface area contributed by atoms with Gasteiger partial charge in [-0.1, -0.05) is 0 Å². The maximum Gasteiger partial charge on any atom is 0.257 e. The first kappa shape index (κ1) is 27.1. The van der Waals surface area contributed by atoms with Gasteiger partial charge in [0.2, 0.25) is 10.0 Å². The molecule has 0 spiro atoms. The first-order chi connectivity index (χ1) is 17.2. The van der Waals surface area contributed by atoms with Crippen molar-refractivity contribution in [2.75, 3.05) is 39.3 Å². The Morgan fingerprint density at radius 3 is 2.39 bits per heavy atom. The molecule has 1 aromatic heterocycles. The Hall–Kier alpha value is -3.45. The fourth-order valence-corrected chi connectivity index (χ4v) is 4.20. The second-order valence-electron chi connectivity index (χ2n) is 7.87. The van der Waals surface area contributed by atoms with Gasteiger partial charge in [-0.2, -0.15) is 5.10 Å². The summed E-state index contributed by atoms with van der Waals surface area (Å²) in [4.78, 5) is 13.0. The van der Waals surface area contributed by atoms with E-state index in [-0.39, 0.29) is 24.2 Å². The van der Waals surface area contributed by atoms with Gasteiger partial charge in [0.15, 0.2) is 5.82 Å². The number of aryl methyl sites for hydroxylation is 1. The maximum absolute atomic E-state index is 12.9. The SMILES string of the molecule is COCCNS(=O)(=O)c1ccc(Oc2cc(O[C@@H](C)COC)cc(C(=O)Nc3ccn(C)n3)c2)cc1. The van der Waals surface area contributed by atoms with Gasteiger partial charge in [0.05, 0.1) is 18.1 Å². The summed E-state index contributed by atoms with van der Waals surface area (Å²) in [6.07, 6.45) is 1.44. The molecular formula is C24H30N4O7S. The van der Waals surface area contributed by atoms with Crippen LogP contribution in [0.25, 0.3) is 0 Å². The zero-order chi connectivity index (χ0) is 26.1. The monoisotopic (exact) mass is 518 g/mol. The van der Waals surface area contributed by atoms with Crippen LogP contribution in [0.5, 0.6) is 17.2 Å². The molecule has 0 saturated heterocycles. The summed E-state index contributed by atoms with van der Waals surface area (Å²) in [7, 11) is 1.14. The Morgan fingerprint density at radius 1 is 1.03 bits per heavy atom. The lowest BCUT2D eigenvalue weighted by Crippen LogP contribution is -2.27. The number of benzene rings is 2. The van der Waals surface area contributed by atoms with E-state index >= 15 is 0 Å². The molecular weight excluding hydrogens is 488 g/mol. The number of methoxy groups -OCH3 is 2. The number of aromatic nitrogens is 2. The fourth-order valence-electron chi connectivity index (χ4n) is 3.19. The molecule has 3 rings (SSSR count). The molecule has 3 aromatic rings. The molecule has 2 N–H and O–H groups in total. The molecule has 0 radical (unpaired) electrons. The summed E-state index contributed by atoms with van der Waals surface area (Å²) < 4.78 is 50.6. The lowest BCUT2D eigenvalue weighted by Gasteiger charge is -2.16. The third kappa shape index (κ3) is 7.78. The highest BCUT2D eigenvalue weighted by atomic mass is 32.2. The van der Waals surface area contributed by atoms with Crippen LogP contribution in [0.1, 0.15) is 17.3 Å². The van der Waals surface area contributed by atoms with E-state index in [0.717, 1.165) is 0 Å². The number of anilines is 1. The Morgan fingerprint density at radius 2 is 1.75 bits per heavy atom. The van der Waals surface area contributed by atoms with Gasteiger partial charge < -0.3 is 24.3 Å².